The van der Waals surface area contributed by atoms with Crippen molar-refractivity contribution in [3.8, 4) is 0 Å². The zero-order chi connectivity index (χ0) is 12.2. The van der Waals surface area contributed by atoms with Gasteiger partial charge in [0.05, 0.1) is 11.4 Å². The second kappa shape index (κ2) is 5.31. The van der Waals surface area contributed by atoms with Crippen molar-refractivity contribution in [2.45, 2.75) is 12.8 Å². The van der Waals surface area contributed by atoms with E-state index in [-0.39, 0.29) is 0 Å². The third-order valence-corrected chi connectivity index (χ3v) is 4.07. The van der Waals surface area contributed by atoms with Gasteiger partial charge in [0.15, 0.2) is 0 Å². The molecule has 0 aliphatic carbocycles. The lowest BCUT2D eigenvalue weighted by Gasteiger charge is -1.98. The van der Waals surface area contributed by atoms with E-state index in [1.807, 2.05) is 29.7 Å². The molecule has 0 saturated heterocycles. The summed E-state index contributed by atoms with van der Waals surface area (Å²) in [5.74, 6) is 1.06. The highest BCUT2D eigenvalue weighted by atomic mass is 32.1. The van der Waals surface area contributed by atoms with Crippen molar-refractivity contribution in [2.24, 2.45) is 4.99 Å². The van der Waals surface area contributed by atoms with Gasteiger partial charge in [-0.25, -0.2) is 0 Å². The number of thiophene rings is 1. The maximum atomic E-state index is 4.44. The molecule has 2 aromatic heterocycles. The number of aliphatic imine (C=N–C) groups is 1. The Balaban J connectivity index is 1.64. The van der Waals surface area contributed by atoms with Crippen LogP contribution < -0.4 is 5.32 Å². The number of pyridine rings is 1. The van der Waals surface area contributed by atoms with Crippen molar-refractivity contribution in [3.63, 3.8) is 0 Å². The number of hydrogen-bond donors (Lipinski definition) is 1. The van der Waals surface area contributed by atoms with Gasteiger partial charge in [0.25, 0.3) is 0 Å². The standard InChI is InChI=1S/C14H15N3S/c1-2-8-15-11(3-1)4-5-12-6-7-13(18-12)14-16-9-10-17-14/h1-3,6-8H,4-5,9-10H2,(H,16,17). The van der Waals surface area contributed by atoms with Gasteiger partial charge in [-0.15, -0.1) is 11.3 Å². The minimum Gasteiger partial charge on any atom is -0.367 e. The van der Waals surface area contributed by atoms with E-state index in [1.165, 1.54) is 9.75 Å². The van der Waals surface area contributed by atoms with E-state index in [9.17, 15) is 0 Å². The van der Waals surface area contributed by atoms with Crippen molar-refractivity contribution in [1.82, 2.24) is 10.3 Å². The largest absolute Gasteiger partial charge is 0.367 e. The van der Waals surface area contributed by atoms with Crippen molar-refractivity contribution < 1.29 is 0 Å². The van der Waals surface area contributed by atoms with Crippen LogP contribution in [0.2, 0.25) is 0 Å². The van der Waals surface area contributed by atoms with E-state index in [0.29, 0.717) is 0 Å². The van der Waals surface area contributed by atoms with Crippen LogP contribution in [-0.2, 0) is 12.8 Å². The van der Waals surface area contributed by atoms with Crippen molar-refractivity contribution >= 4 is 17.2 Å². The van der Waals surface area contributed by atoms with Gasteiger partial charge in [-0.2, -0.15) is 0 Å². The van der Waals surface area contributed by atoms with E-state index in [0.717, 1.165) is 37.5 Å². The molecular formula is C14H15N3S. The maximum absolute atomic E-state index is 4.44. The molecular weight excluding hydrogens is 242 g/mol. The molecule has 18 heavy (non-hydrogen) atoms. The Morgan fingerprint density at radius 2 is 2.17 bits per heavy atom. The lowest BCUT2D eigenvalue weighted by atomic mass is 10.2. The summed E-state index contributed by atoms with van der Waals surface area (Å²) in [6.45, 7) is 1.87. The van der Waals surface area contributed by atoms with Gasteiger partial charge in [-0.3, -0.25) is 9.98 Å². The van der Waals surface area contributed by atoms with E-state index >= 15 is 0 Å². The van der Waals surface area contributed by atoms with E-state index in [4.69, 9.17) is 0 Å². The summed E-state index contributed by atoms with van der Waals surface area (Å²) in [5, 5.41) is 3.31. The monoisotopic (exact) mass is 257 g/mol. The zero-order valence-corrected chi connectivity index (χ0v) is 10.9. The molecule has 1 N–H and O–H groups in total. The smallest absolute Gasteiger partial charge is 0.138 e. The first-order chi connectivity index (χ1) is 8.92. The van der Waals surface area contributed by atoms with Gasteiger partial charge < -0.3 is 5.32 Å². The molecule has 0 atom stereocenters. The van der Waals surface area contributed by atoms with Crippen LogP contribution in [0.4, 0.5) is 0 Å². The van der Waals surface area contributed by atoms with Crippen molar-refractivity contribution in [2.75, 3.05) is 13.1 Å². The minimum atomic E-state index is 0.899. The number of aromatic nitrogens is 1. The SMILES string of the molecule is c1ccc(CCc2ccc(C3=NCCN3)s2)nc1. The summed E-state index contributed by atoms with van der Waals surface area (Å²) in [4.78, 5) is 11.4. The Morgan fingerprint density at radius 3 is 2.94 bits per heavy atom. The number of rotatable bonds is 4. The third kappa shape index (κ3) is 2.59. The van der Waals surface area contributed by atoms with Crippen LogP contribution in [0.25, 0.3) is 0 Å². The highest BCUT2D eigenvalue weighted by Crippen LogP contribution is 2.19. The van der Waals surface area contributed by atoms with Gasteiger partial charge in [0.2, 0.25) is 0 Å². The molecule has 3 heterocycles. The zero-order valence-electron chi connectivity index (χ0n) is 10.1. The predicted molar refractivity (Wildman–Crippen MR) is 75.4 cm³/mol. The minimum absolute atomic E-state index is 0.899. The highest BCUT2D eigenvalue weighted by Gasteiger charge is 2.10. The number of aryl methyl sites for hydroxylation is 2. The van der Waals surface area contributed by atoms with Crippen LogP contribution in [0.3, 0.4) is 0 Å². The van der Waals surface area contributed by atoms with Crippen LogP contribution in [0, 0.1) is 0 Å². The van der Waals surface area contributed by atoms with Gasteiger partial charge in [-0.05, 0) is 37.1 Å². The molecule has 3 nitrogen and oxygen atoms in total. The lowest BCUT2D eigenvalue weighted by molar-refractivity contribution is 0.928. The highest BCUT2D eigenvalue weighted by molar-refractivity contribution is 7.14. The Labute approximate surface area is 111 Å². The van der Waals surface area contributed by atoms with Crippen LogP contribution in [0.5, 0.6) is 0 Å². The van der Waals surface area contributed by atoms with E-state index < -0.39 is 0 Å². The Bertz CT molecular complexity index is 545. The van der Waals surface area contributed by atoms with Crippen LogP contribution >= 0.6 is 11.3 Å². The molecule has 1 aliphatic rings. The molecule has 4 heteroatoms. The first kappa shape index (κ1) is 11.4. The first-order valence-electron chi connectivity index (χ1n) is 6.19. The summed E-state index contributed by atoms with van der Waals surface area (Å²) < 4.78 is 0. The first-order valence-corrected chi connectivity index (χ1v) is 7.01. The summed E-state index contributed by atoms with van der Waals surface area (Å²) >= 11 is 1.83. The van der Waals surface area contributed by atoms with E-state index in [1.54, 1.807) is 0 Å². The van der Waals surface area contributed by atoms with Crippen molar-refractivity contribution in [1.29, 1.82) is 0 Å². The molecule has 0 aromatic carbocycles. The molecule has 0 amide bonds. The molecule has 0 radical (unpaired) electrons. The normalized spacial score (nSPS) is 14.3. The number of nitrogens with zero attached hydrogens (tertiary/aromatic N) is 2. The average molecular weight is 257 g/mol. The summed E-state index contributed by atoms with van der Waals surface area (Å²) in [6.07, 6.45) is 3.90. The van der Waals surface area contributed by atoms with Gasteiger partial charge in [0.1, 0.15) is 5.84 Å². The molecule has 1 aliphatic heterocycles. The summed E-state index contributed by atoms with van der Waals surface area (Å²) in [6, 6.07) is 10.4. The summed E-state index contributed by atoms with van der Waals surface area (Å²) in [5.41, 5.74) is 1.16. The van der Waals surface area contributed by atoms with Crippen LogP contribution in [0.15, 0.2) is 41.5 Å². The lowest BCUT2D eigenvalue weighted by Crippen LogP contribution is -2.18. The molecule has 92 valence electrons. The fourth-order valence-electron chi connectivity index (χ4n) is 2.00. The van der Waals surface area contributed by atoms with Gasteiger partial charge in [-0.1, -0.05) is 6.07 Å². The van der Waals surface area contributed by atoms with Gasteiger partial charge in [0, 0.05) is 23.3 Å². The Morgan fingerprint density at radius 1 is 1.17 bits per heavy atom. The topological polar surface area (TPSA) is 37.3 Å². The number of nitrogens with one attached hydrogen (secondary N) is 1. The third-order valence-electron chi connectivity index (χ3n) is 2.92. The van der Waals surface area contributed by atoms with Crippen LogP contribution in [-0.4, -0.2) is 23.9 Å². The van der Waals surface area contributed by atoms with E-state index in [2.05, 4.69) is 33.5 Å². The quantitative estimate of drug-likeness (QED) is 0.912. The fraction of sp³-hybridized carbons (Fsp3) is 0.286. The number of hydrogen-bond acceptors (Lipinski definition) is 4. The predicted octanol–water partition coefficient (Wildman–Crippen LogP) is 2.28. The van der Waals surface area contributed by atoms with Crippen LogP contribution in [0.1, 0.15) is 15.4 Å². The fourth-order valence-corrected chi connectivity index (χ4v) is 2.99. The molecule has 0 saturated carbocycles. The Hall–Kier alpha value is -1.68. The maximum Gasteiger partial charge on any atom is 0.138 e. The molecule has 0 fully saturated rings. The molecule has 0 unspecified atom stereocenters. The van der Waals surface area contributed by atoms with Gasteiger partial charge >= 0.3 is 0 Å². The average Bonchev–Trinajstić information content (AvgIpc) is 3.08. The number of amidine groups is 1. The Kier molecular flexibility index (Phi) is 3.37. The molecule has 2 aromatic rings. The summed E-state index contributed by atoms with van der Waals surface area (Å²) in [7, 11) is 0. The second-order valence-corrected chi connectivity index (χ2v) is 5.41. The second-order valence-electron chi connectivity index (χ2n) is 4.24. The molecule has 0 spiro atoms. The molecule has 3 rings (SSSR count). The van der Waals surface area contributed by atoms with Crippen molar-refractivity contribution in [3.05, 3.63) is 52.0 Å². The molecule has 0 bridgehead atoms.